The zero-order valence-corrected chi connectivity index (χ0v) is 18.3. The van der Waals surface area contributed by atoms with Crippen LogP contribution in [-0.4, -0.2) is 56.9 Å². The van der Waals surface area contributed by atoms with Crippen molar-refractivity contribution in [3.8, 4) is 5.69 Å². The number of nitrogens with zero attached hydrogens (tertiary/aromatic N) is 5. The fraction of sp³-hybridized carbons (Fsp3) is 0.423. The van der Waals surface area contributed by atoms with Crippen LogP contribution in [0.4, 0.5) is 0 Å². The quantitative estimate of drug-likeness (QED) is 0.640. The molecule has 2 atom stereocenters. The highest BCUT2D eigenvalue weighted by molar-refractivity contribution is 5.78. The molecule has 0 saturated carbocycles. The number of carbonyl (C=O) groups excluding carboxylic acids is 1. The lowest BCUT2D eigenvalue weighted by Gasteiger charge is -2.46. The molecule has 2 aromatic carbocycles. The maximum atomic E-state index is 13.7. The Morgan fingerprint density at radius 2 is 1.81 bits per heavy atom. The molecule has 6 nitrogen and oxygen atoms in total. The summed E-state index contributed by atoms with van der Waals surface area (Å²) in [5.41, 5.74) is 4.74. The van der Waals surface area contributed by atoms with Crippen LogP contribution in [0.3, 0.4) is 0 Å². The Morgan fingerprint density at radius 3 is 2.53 bits per heavy atom. The fourth-order valence-corrected chi connectivity index (χ4v) is 6.01. The summed E-state index contributed by atoms with van der Waals surface area (Å²) >= 11 is 0. The first-order valence-corrected chi connectivity index (χ1v) is 11.8. The van der Waals surface area contributed by atoms with E-state index >= 15 is 0 Å². The predicted molar refractivity (Wildman–Crippen MR) is 122 cm³/mol. The number of amides is 1. The Balaban J connectivity index is 1.30. The largest absolute Gasteiger partial charge is 0.331 e. The molecule has 4 aliphatic heterocycles. The van der Waals surface area contributed by atoms with Crippen molar-refractivity contribution in [1.82, 2.24) is 24.8 Å². The van der Waals surface area contributed by atoms with Gasteiger partial charge in [0, 0.05) is 19.5 Å². The van der Waals surface area contributed by atoms with E-state index in [1.807, 2.05) is 6.20 Å². The molecule has 4 aliphatic rings. The summed E-state index contributed by atoms with van der Waals surface area (Å²) < 4.78 is 1.76. The molecule has 0 radical (unpaired) electrons. The van der Waals surface area contributed by atoms with Gasteiger partial charge in [0.2, 0.25) is 5.91 Å². The third kappa shape index (κ3) is 3.52. The van der Waals surface area contributed by atoms with Gasteiger partial charge in [-0.3, -0.25) is 4.79 Å². The van der Waals surface area contributed by atoms with E-state index in [2.05, 4.69) is 68.6 Å². The summed E-state index contributed by atoms with van der Waals surface area (Å²) in [7, 11) is 0. The molecule has 32 heavy (non-hydrogen) atoms. The zero-order valence-electron chi connectivity index (χ0n) is 18.3. The first-order chi connectivity index (χ1) is 15.8. The number of fused-ring (bicyclic) bond motifs is 4. The van der Waals surface area contributed by atoms with Crippen LogP contribution < -0.4 is 0 Å². The van der Waals surface area contributed by atoms with E-state index in [0.717, 1.165) is 36.7 Å². The van der Waals surface area contributed by atoms with Crippen molar-refractivity contribution in [2.45, 2.75) is 31.7 Å². The Bertz CT molecular complexity index is 1090. The van der Waals surface area contributed by atoms with Gasteiger partial charge in [0.05, 0.1) is 24.1 Å². The molecule has 3 saturated heterocycles. The number of carbonyl (C=O) groups is 1. The topological polar surface area (TPSA) is 54.3 Å². The molecule has 1 aromatic heterocycles. The molecular formula is C26H29N5O. The lowest BCUT2D eigenvalue weighted by Crippen LogP contribution is -2.49. The van der Waals surface area contributed by atoms with Gasteiger partial charge >= 0.3 is 0 Å². The normalized spacial score (nSPS) is 26.7. The van der Waals surface area contributed by atoms with Gasteiger partial charge in [0.15, 0.2) is 0 Å². The van der Waals surface area contributed by atoms with Gasteiger partial charge in [0.25, 0.3) is 0 Å². The molecule has 3 fully saturated rings. The second-order valence-electron chi connectivity index (χ2n) is 9.48. The second-order valence-corrected chi connectivity index (χ2v) is 9.48. The minimum absolute atomic E-state index is 0.0293. The smallest absolute Gasteiger partial charge is 0.223 e. The number of piperidine rings is 3. The summed E-state index contributed by atoms with van der Waals surface area (Å²) in [4.78, 5) is 18.4. The Morgan fingerprint density at radius 1 is 1.00 bits per heavy atom. The summed E-state index contributed by atoms with van der Waals surface area (Å²) in [5.74, 6) is 1.54. The van der Waals surface area contributed by atoms with E-state index in [1.165, 1.54) is 37.1 Å². The molecule has 3 aromatic rings. The van der Waals surface area contributed by atoms with Crippen molar-refractivity contribution >= 4 is 5.91 Å². The van der Waals surface area contributed by atoms with Crippen molar-refractivity contribution in [3.63, 3.8) is 0 Å². The van der Waals surface area contributed by atoms with Gasteiger partial charge in [-0.05, 0) is 73.0 Å². The Labute approximate surface area is 188 Å². The van der Waals surface area contributed by atoms with Crippen molar-refractivity contribution in [2.24, 2.45) is 11.8 Å². The first-order valence-electron chi connectivity index (χ1n) is 11.8. The van der Waals surface area contributed by atoms with Crippen LogP contribution in [0.25, 0.3) is 5.69 Å². The van der Waals surface area contributed by atoms with Crippen LogP contribution in [0.2, 0.25) is 0 Å². The van der Waals surface area contributed by atoms with E-state index < -0.39 is 0 Å². The summed E-state index contributed by atoms with van der Waals surface area (Å²) in [6.45, 7) is 4.31. The monoisotopic (exact) mass is 427 g/mol. The van der Waals surface area contributed by atoms with Crippen molar-refractivity contribution in [1.29, 1.82) is 0 Å². The third-order valence-corrected chi connectivity index (χ3v) is 7.73. The zero-order chi connectivity index (χ0) is 21.5. The average Bonchev–Trinajstić information content (AvgIpc) is 3.39. The number of rotatable bonds is 4. The molecule has 164 valence electrons. The fourth-order valence-electron chi connectivity index (χ4n) is 6.01. The standard InChI is InChI=1S/C26H29N5O/c32-25(17-22-18-29-13-9-19(22)10-14-29)30-15-11-20-3-1-2-4-24(20)26(30)21-5-7-23(8-6-21)31-16-12-27-28-31/h1-8,12,16,19,22,26H,9-11,13-15,17-18H2/t22-,26-/m1/s1. The van der Waals surface area contributed by atoms with Crippen LogP contribution in [0.15, 0.2) is 60.9 Å². The number of aromatic nitrogens is 3. The number of hydrogen-bond acceptors (Lipinski definition) is 4. The van der Waals surface area contributed by atoms with Crippen LogP contribution >= 0.6 is 0 Å². The summed E-state index contributed by atoms with van der Waals surface area (Å²) in [5, 5.41) is 7.99. The van der Waals surface area contributed by atoms with Crippen LogP contribution in [-0.2, 0) is 11.2 Å². The van der Waals surface area contributed by atoms with E-state index in [1.54, 1.807) is 10.9 Å². The van der Waals surface area contributed by atoms with Gasteiger partial charge in [0.1, 0.15) is 0 Å². The lowest BCUT2D eigenvalue weighted by atomic mass is 9.77. The molecule has 0 aliphatic carbocycles. The van der Waals surface area contributed by atoms with Gasteiger partial charge < -0.3 is 9.80 Å². The van der Waals surface area contributed by atoms with Crippen LogP contribution in [0, 0.1) is 11.8 Å². The van der Waals surface area contributed by atoms with Gasteiger partial charge in [-0.15, -0.1) is 5.10 Å². The second kappa shape index (κ2) is 8.17. The minimum Gasteiger partial charge on any atom is -0.331 e. The van der Waals surface area contributed by atoms with Crippen molar-refractivity contribution in [3.05, 3.63) is 77.6 Å². The average molecular weight is 428 g/mol. The molecule has 7 rings (SSSR count). The molecule has 0 spiro atoms. The SMILES string of the molecule is O=C(C[C@@H]1CN2CCC1CC2)N1CCc2ccccc2[C@H]1c1ccc(-n2ccnn2)cc1. The maximum absolute atomic E-state index is 13.7. The van der Waals surface area contributed by atoms with Crippen LogP contribution in [0.1, 0.15) is 42.0 Å². The number of benzene rings is 2. The molecular weight excluding hydrogens is 398 g/mol. The predicted octanol–water partition coefficient (Wildman–Crippen LogP) is 3.47. The first kappa shape index (κ1) is 19.7. The Kier molecular flexibility index (Phi) is 5.02. The van der Waals surface area contributed by atoms with E-state index in [9.17, 15) is 4.79 Å². The van der Waals surface area contributed by atoms with Gasteiger partial charge in [-0.1, -0.05) is 41.6 Å². The molecule has 1 amide bonds. The third-order valence-electron chi connectivity index (χ3n) is 7.73. The highest BCUT2D eigenvalue weighted by Gasteiger charge is 2.38. The Hall–Kier alpha value is -2.99. The molecule has 5 heterocycles. The van der Waals surface area contributed by atoms with Crippen molar-refractivity contribution < 1.29 is 4.79 Å². The minimum atomic E-state index is -0.0293. The van der Waals surface area contributed by atoms with Crippen LogP contribution in [0.5, 0.6) is 0 Å². The van der Waals surface area contributed by atoms with E-state index in [0.29, 0.717) is 18.2 Å². The summed E-state index contributed by atoms with van der Waals surface area (Å²) in [6, 6.07) is 17.0. The highest BCUT2D eigenvalue weighted by Crippen LogP contribution is 2.39. The van der Waals surface area contributed by atoms with E-state index in [4.69, 9.17) is 0 Å². The van der Waals surface area contributed by atoms with Gasteiger partial charge in [-0.2, -0.15) is 0 Å². The van der Waals surface area contributed by atoms with E-state index in [-0.39, 0.29) is 6.04 Å². The molecule has 0 unspecified atom stereocenters. The van der Waals surface area contributed by atoms with Gasteiger partial charge in [-0.25, -0.2) is 4.68 Å². The maximum Gasteiger partial charge on any atom is 0.223 e. The summed E-state index contributed by atoms with van der Waals surface area (Å²) in [6.07, 6.45) is 7.64. The highest BCUT2D eigenvalue weighted by atomic mass is 16.2. The number of hydrogen-bond donors (Lipinski definition) is 0. The molecule has 6 heteroatoms. The molecule has 2 bridgehead atoms. The lowest BCUT2D eigenvalue weighted by molar-refractivity contribution is -0.136. The molecule has 0 N–H and O–H groups in total. The van der Waals surface area contributed by atoms with Crippen molar-refractivity contribution in [2.75, 3.05) is 26.2 Å².